The summed E-state index contributed by atoms with van der Waals surface area (Å²) in [5, 5.41) is 0. The molecule has 1 rings (SSSR count). The Morgan fingerprint density at radius 2 is 1.11 bits per heavy atom. The Bertz CT molecular complexity index is 584. The van der Waals surface area contributed by atoms with Crippen LogP contribution in [-0.4, -0.2) is 23.1 Å². The van der Waals surface area contributed by atoms with Crippen LogP contribution in [0, 0.1) is 0 Å². The third kappa shape index (κ3) is 6.96. The predicted octanol–water partition coefficient (Wildman–Crippen LogP) is 6.72. The summed E-state index contributed by atoms with van der Waals surface area (Å²) in [6.07, 6.45) is 7.16. The second-order valence-electron chi connectivity index (χ2n) is 8.14. The van der Waals surface area contributed by atoms with Crippen molar-refractivity contribution in [2.45, 2.75) is 104 Å². The lowest BCUT2D eigenvalue weighted by Gasteiger charge is -2.30. The molecule has 4 nitrogen and oxygen atoms in total. The molecule has 1 aromatic rings. The second-order valence-corrected chi connectivity index (χ2v) is 8.14. The summed E-state index contributed by atoms with van der Waals surface area (Å²) in [4.78, 5) is 25.8. The maximum atomic E-state index is 12.9. The molecule has 2 unspecified atom stereocenters. The van der Waals surface area contributed by atoms with Crippen molar-refractivity contribution in [2.24, 2.45) is 0 Å². The number of esters is 2. The zero-order valence-corrected chi connectivity index (χ0v) is 18.6. The Morgan fingerprint density at radius 1 is 0.750 bits per heavy atom. The van der Waals surface area contributed by atoms with Crippen molar-refractivity contribution in [1.82, 2.24) is 0 Å². The number of ether oxygens (including phenoxy) is 2. The highest BCUT2D eigenvalue weighted by Gasteiger charge is 2.31. The molecular weight excluding hydrogens is 352 g/mol. The standard InChI is InChI=1S/C24H38O4/c1-7-11-17-23(5,9-3)27-21(25)19-15-13-14-16-20(19)22(26)28-24(6,10-4)18-12-8-2/h13-16H,7-12,17-18H2,1-6H3. The molecule has 0 saturated heterocycles. The van der Waals surface area contributed by atoms with E-state index in [1.54, 1.807) is 24.3 Å². The number of hydrogen-bond donors (Lipinski definition) is 0. The third-order valence-electron chi connectivity index (χ3n) is 5.66. The lowest BCUT2D eigenvalue weighted by Crippen LogP contribution is -2.33. The molecule has 0 heterocycles. The number of carbonyl (C=O) groups excluding carboxylic acids is 2. The van der Waals surface area contributed by atoms with E-state index < -0.39 is 23.1 Å². The van der Waals surface area contributed by atoms with Gasteiger partial charge in [-0.1, -0.05) is 52.7 Å². The summed E-state index contributed by atoms with van der Waals surface area (Å²) in [7, 11) is 0. The molecule has 0 aliphatic heterocycles. The van der Waals surface area contributed by atoms with Crippen molar-refractivity contribution >= 4 is 11.9 Å². The fraction of sp³-hybridized carbons (Fsp3) is 0.667. The lowest BCUT2D eigenvalue weighted by molar-refractivity contribution is -0.0207. The molecule has 0 aliphatic rings. The van der Waals surface area contributed by atoms with Crippen LogP contribution in [-0.2, 0) is 9.47 Å². The smallest absolute Gasteiger partial charge is 0.339 e. The molecule has 0 bridgehead atoms. The molecule has 1 aromatic carbocycles. The van der Waals surface area contributed by atoms with E-state index in [4.69, 9.17) is 9.47 Å². The van der Waals surface area contributed by atoms with E-state index in [9.17, 15) is 9.59 Å². The minimum atomic E-state index is -0.525. The predicted molar refractivity (Wildman–Crippen MR) is 114 cm³/mol. The molecule has 158 valence electrons. The van der Waals surface area contributed by atoms with Crippen LogP contribution in [0.4, 0.5) is 0 Å². The molecule has 0 N–H and O–H groups in total. The van der Waals surface area contributed by atoms with Gasteiger partial charge in [-0.15, -0.1) is 0 Å². The number of hydrogen-bond acceptors (Lipinski definition) is 4. The largest absolute Gasteiger partial charge is 0.456 e. The maximum absolute atomic E-state index is 12.9. The van der Waals surface area contributed by atoms with Gasteiger partial charge in [-0.2, -0.15) is 0 Å². The highest BCUT2D eigenvalue weighted by atomic mass is 16.6. The van der Waals surface area contributed by atoms with Gasteiger partial charge < -0.3 is 9.47 Å². The number of benzene rings is 1. The Kier molecular flexibility index (Phi) is 9.71. The summed E-state index contributed by atoms with van der Waals surface area (Å²) in [5.74, 6) is -0.917. The van der Waals surface area contributed by atoms with Gasteiger partial charge in [-0.05, 0) is 64.5 Å². The topological polar surface area (TPSA) is 52.6 Å². The quantitative estimate of drug-likeness (QED) is 0.372. The molecule has 0 spiro atoms. The summed E-state index contributed by atoms with van der Waals surface area (Å²) in [5.41, 5.74) is -0.498. The average Bonchev–Trinajstić information content (AvgIpc) is 2.70. The zero-order chi connectivity index (χ0) is 21.2. The maximum Gasteiger partial charge on any atom is 0.339 e. The van der Waals surface area contributed by atoms with E-state index in [0.29, 0.717) is 0 Å². The summed E-state index contributed by atoms with van der Waals surface area (Å²) in [6, 6.07) is 6.78. The van der Waals surface area contributed by atoms with Crippen molar-refractivity contribution in [3.8, 4) is 0 Å². The van der Waals surface area contributed by atoms with Gasteiger partial charge in [0.25, 0.3) is 0 Å². The van der Waals surface area contributed by atoms with Gasteiger partial charge in [-0.25, -0.2) is 9.59 Å². The van der Waals surface area contributed by atoms with Gasteiger partial charge in [-0.3, -0.25) is 0 Å². The van der Waals surface area contributed by atoms with Crippen molar-refractivity contribution < 1.29 is 19.1 Å². The molecule has 2 atom stereocenters. The van der Waals surface area contributed by atoms with Gasteiger partial charge in [0.15, 0.2) is 0 Å². The van der Waals surface area contributed by atoms with E-state index >= 15 is 0 Å². The zero-order valence-electron chi connectivity index (χ0n) is 18.6. The monoisotopic (exact) mass is 390 g/mol. The van der Waals surface area contributed by atoms with Crippen LogP contribution in [0.5, 0.6) is 0 Å². The first-order valence-electron chi connectivity index (χ1n) is 10.8. The van der Waals surface area contributed by atoms with Gasteiger partial charge in [0.2, 0.25) is 0 Å². The average molecular weight is 391 g/mol. The summed E-state index contributed by atoms with van der Waals surface area (Å²) in [6.45, 7) is 12.2. The van der Waals surface area contributed by atoms with Crippen LogP contribution in [0.25, 0.3) is 0 Å². The Labute approximate surface area is 171 Å². The van der Waals surface area contributed by atoms with E-state index in [1.165, 1.54) is 0 Å². The van der Waals surface area contributed by atoms with Crippen molar-refractivity contribution in [3.05, 3.63) is 35.4 Å². The highest BCUT2D eigenvalue weighted by molar-refractivity contribution is 6.03. The van der Waals surface area contributed by atoms with Crippen molar-refractivity contribution in [2.75, 3.05) is 0 Å². The van der Waals surface area contributed by atoms with E-state index in [2.05, 4.69) is 13.8 Å². The Hall–Kier alpha value is -1.84. The molecule has 0 aliphatic carbocycles. The number of carbonyl (C=O) groups is 2. The first kappa shape index (κ1) is 24.2. The van der Waals surface area contributed by atoms with Crippen LogP contribution in [0.3, 0.4) is 0 Å². The van der Waals surface area contributed by atoms with Crippen molar-refractivity contribution in [3.63, 3.8) is 0 Å². The normalized spacial score (nSPS) is 15.4. The molecule has 4 heteroatoms. The summed E-state index contributed by atoms with van der Waals surface area (Å²) >= 11 is 0. The SMILES string of the molecule is CCCCC(C)(CC)OC(=O)c1ccccc1C(=O)OC(C)(CC)CCCC. The minimum absolute atomic E-state index is 0.276. The van der Waals surface area contributed by atoms with Crippen LogP contribution in [0.15, 0.2) is 24.3 Å². The van der Waals surface area contributed by atoms with Gasteiger partial charge in [0.05, 0.1) is 11.1 Å². The third-order valence-corrected chi connectivity index (χ3v) is 5.66. The van der Waals surface area contributed by atoms with Gasteiger partial charge in [0.1, 0.15) is 11.2 Å². The molecule has 0 saturated carbocycles. The summed E-state index contributed by atoms with van der Waals surface area (Å²) < 4.78 is 11.7. The van der Waals surface area contributed by atoms with E-state index in [1.807, 2.05) is 27.7 Å². The first-order chi connectivity index (χ1) is 13.2. The first-order valence-corrected chi connectivity index (χ1v) is 10.8. The van der Waals surface area contributed by atoms with Gasteiger partial charge >= 0.3 is 11.9 Å². The number of rotatable bonds is 12. The molecule has 28 heavy (non-hydrogen) atoms. The molecular formula is C24H38O4. The van der Waals surface area contributed by atoms with Crippen LogP contribution < -0.4 is 0 Å². The molecule has 0 amide bonds. The molecule has 0 radical (unpaired) electrons. The molecule has 0 aromatic heterocycles. The highest BCUT2D eigenvalue weighted by Crippen LogP contribution is 2.27. The van der Waals surface area contributed by atoms with Crippen LogP contribution in [0.1, 0.15) is 114 Å². The fourth-order valence-electron chi connectivity index (χ4n) is 3.10. The van der Waals surface area contributed by atoms with E-state index in [-0.39, 0.29) is 11.1 Å². The minimum Gasteiger partial charge on any atom is -0.456 e. The van der Waals surface area contributed by atoms with Gasteiger partial charge in [0, 0.05) is 0 Å². The van der Waals surface area contributed by atoms with Crippen molar-refractivity contribution in [1.29, 1.82) is 0 Å². The second kappa shape index (κ2) is 11.2. The van der Waals surface area contributed by atoms with Crippen LogP contribution >= 0.6 is 0 Å². The van der Waals surface area contributed by atoms with Crippen LogP contribution in [0.2, 0.25) is 0 Å². The lowest BCUT2D eigenvalue weighted by atomic mass is 9.95. The Morgan fingerprint density at radius 3 is 1.39 bits per heavy atom. The van der Waals surface area contributed by atoms with E-state index in [0.717, 1.165) is 51.4 Å². The molecule has 0 fully saturated rings. The fourth-order valence-corrected chi connectivity index (χ4v) is 3.10. The Balaban J connectivity index is 3.02. The number of unbranched alkanes of at least 4 members (excludes halogenated alkanes) is 2.